The van der Waals surface area contributed by atoms with Gasteiger partial charge in [0.1, 0.15) is 5.82 Å². The first-order valence-corrected chi connectivity index (χ1v) is 5.93. The van der Waals surface area contributed by atoms with E-state index in [1.54, 1.807) is 12.4 Å². The molecule has 0 aromatic carbocycles. The van der Waals surface area contributed by atoms with Crippen LogP contribution in [0.15, 0.2) is 12.4 Å². The van der Waals surface area contributed by atoms with Crippen LogP contribution in [0.4, 0.5) is 5.82 Å². The standard InChI is InChI=1S/C11H16ClN3/c1-9-11(14-5-4-13-9)15-6-2-3-10(7-12)8-15/h4-5,10H,2-3,6-8H2,1H3. The third-order valence-electron chi connectivity index (χ3n) is 2.89. The molecule has 1 saturated heterocycles. The van der Waals surface area contributed by atoms with Gasteiger partial charge in [0.05, 0.1) is 5.69 Å². The van der Waals surface area contributed by atoms with Crippen molar-refractivity contribution in [2.75, 3.05) is 23.9 Å². The largest absolute Gasteiger partial charge is 0.355 e. The summed E-state index contributed by atoms with van der Waals surface area (Å²) < 4.78 is 0. The summed E-state index contributed by atoms with van der Waals surface area (Å²) in [5.41, 5.74) is 1.01. The van der Waals surface area contributed by atoms with Crippen molar-refractivity contribution in [2.45, 2.75) is 19.8 Å². The van der Waals surface area contributed by atoms with E-state index in [0.29, 0.717) is 5.92 Å². The van der Waals surface area contributed by atoms with Gasteiger partial charge in [-0.2, -0.15) is 0 Å². The first kappa shape index (κ1) is 10.7. The highest BCUT2D eigenvalue weighted by atomic mass is 35.5. The van der Waals surface area contributed by atoms with Crippen LogP contribution in [0.25, 0.3) is 0 Å². The summed E-state index contributed by atoms with van der Waals surface area (Å²) in [6.45, 7) is 4.10. The summed E-state index contributed by atoms with van der Waals surface area (Å²) in [6.07, 6.45) is 5.93. The van der Waals surface area contributed by atoms with Crippen LogP contribution in [0.5, 0.6) is 0 Å². The number of rotatable bonds is 2. The fourth-order valence-electron chi connectivity index (χ4n) is 2.09. The number of alkyl halides is 1. The molecule has 1 aliphatic rings. The summed E-state index contributed by atoms with van der Waals surface area (Å²) in [7, 11) is 0. The number of nitrogens with zero attached hydrogens (tertiary/aromatic N) is 3. The second-order valence-electron chi connectivity index (χ2n) is 4.07. The Morgan fingerprint density at radius 1 is 1.47 bits per heavy atom. The van der Waals surface area contributed by atoms with E-state index in [1.807, 2.05) is 6.92 Å². The highest BCUT2D eigenvalue weighted by Crippen LogP contribution is 2.23. The first-order valence-electron chi connectivity index (χ1n) is 5.40. The number of aryl methyl sites for hydroxylation is 1. The molecule has 1 aliphatic heterocycles. The highest BCUT2D eigenvalue weighted by Gasteiger charge is 2.21. The van der Waals surface area contributed by atoms with Crippen LogP contribution in [-0.4, -0.2) is 28.9 Å². The van der Waals surface area contributed by atoms with Gasteiger partial charge in [0.2, 0.25) is 0 Å². The Morgan fingerprint density at radius 2 is 2.27 bits per heavy atom. The van der Waals surface area contributed by atoms with Gasteiger partial charge in [-0.25, -0.2) is 4.98 Å². The van der Waals surface area contributed by atoms with Crippen molar-refractivity contribution in [3.8, 4) is 0 Å². The van der Waals surface area contributed by atoms with Crippen LogP contribution >= 0.6 is 11.6 Å². The van der Waals surface area contributed by atoms with Crippen molar-refractivity contribution in [1.82, 2.24) is 9.97 Å². The van der Waals surface area contributed by atoms with Crippen LogP contribution in [-0.2, 0) is 0 Å². The maximum atomic E-state index is 5.91. The monoisotopic (exact) mass is 225 g/mol. The van der Waals surface area contributed by atoms with Crippen molar-refractivity contribution < 1.29 is 0 Å². The zero-order chi connectivity index (χ0) is 10.7. The van der Waals surface area contributed by atoms with Crippen molar-refractivity contribution in [3.63, 3.8) is 0 Å². The Hall–Kier alpha value is -0.830. The normalized spacial score (nSPS) is 21.7. The smallest absolute Gasteiger partial charge is 0.150 e. The van der Waals surface area contributed by atoms with Gasteiger partial charge < -0.3 is 4.90 Å². The predicted octanol–water partition coefficient (Wildman–Crippen LogP) is 2.24. The number of aromatic nitrogens is 2. The molecule has 1 unspecified atom stereocenters. The van der Waals surface area contributed by atoms with Crippen molar-refractivity contribution in [2.24, 2.45) is 5.92 Å². The van der Waals surface area contributed by atoms with Gasteiger partial charge in [-0.3, -0.25) is 4.98 Å². The van der Waals surface area contributed by atoms with Gasteiger partial charge in [0.15, 0.2) is 0 Å². The third-order valence-corrected chi connectivity index (χ3v) is 3.33. The van der Waals surface area contributed by atoms with E-state index >= 15 is 0 Å². The minimum atomic E-state index is 0.599. The van der Waals surface area contributed by atoms with Gasteiger partial charge in [0, 0.05) is 31.4 Å². The van der Waals surface area contributed by atoms with E-state index in [2.05, 4.69) is 14.9 Å². The van der Waals surface area contributed by atoms with Crippen molar-refractivity contribution in [1.29, 1.82) is 0 Å². The van der Waals surface area contributed by atoms with Crippen molar-refractivity contribution in [3.05, 3.63) is 18.1 Å². The average molecular weight is 226 g/mol. The second-order valence-corrected chi connectivity index (χ2v) is 4.38. The van der Waals surface area contributed by atoms with E-state index in [0.717, 1.165) is 30.5 Å². The van der Waals surface area contributed by atoms with Gasteiger partial charge >= 0.3 is 0 Å². The van der Waals surface area contributed by atoms with E-state index in [-0.39, 0.29) is 0 Å². The molecule has 3 nitrogen and oxygen atoms in total. The Morgan fingerprint density at radius 3 is 3.00 bits per heavy atom. The molecule has 0 aliphatic carbocycles. The maximum Gasteiger partial charge on any atom is 0.150 e. The summed E-state index contributed by atoms with van der Waals surface area (Å²) in [5.74, 6) is 2.37. The summed E-state index contributed by atoms with van der Waals surface area (Å²) in [6, 6.07) is 0. The van der Waals surface area contributed by atoms with Gasteiger partial charge in [-0.1, -0.05) is 0 Å². The van der Waals surface area contributed by atoms with E-state index < -0.39 is 0 Å². The molecule has 1 aromatic rings. The molecular formula is C11H16ClN3. The number of halogens is 1. The van der Waals surface area contributed by atoms with Gasteiger partial charge in [-0.05, 0) is 25.7 Å². The molecular weight excluding hydrogens is 210 g/mol. The average Bonchev–Trinajstić information content (AvgIpc) is 2.30. The lowest BCUT2D eigenvalue weighted by atomic mass is 10.00. The number of anilines is 1. The highest BCUT2D eigenvalue weighted by molar-refractivity contribution is 6.18. The molecule has 0 saturated carbocycles. The van der Waals surface area contributed by atoms with Crippen LogP contribution < -0.4 is 4.90 Å². The minimum absolute atomic E-state index is 0.599. The Bertz CT molecular complexity index is 329. The molecule has 0 N–H and O–H groups in total. The molecule has 0 amide bonds. The molecule has 0 spiro atoms. The number of hydrogen-bond acceptors (Lipinski definition) is 3. The summed E-state index contributed by atoms with van der Waals surface area (Å²) >= 11 is 5.91. The predicted molar refractivity (Wildman–Crippen MR) is 62.4 cm³/mol. The quantitative estimate of drug-likeness (QED) is 0.723. The molecule has 4 heteroatoms. The third kappa shape index (κ3) is 2.40. The SMILES string of the molecule is Cc1nccnc1N1CCCC(CCl)C1. The minimum Gasteiger partial charge on any atom is -0.355 e. The molecule has 15 heavy (non-hydrogen) atoms. The molecule has 0 radical (unpaired) electrons. The molecule has 0 bridgehead atoms. The topological polar surface area (TPSA) is 29.0 Å². The lowest BCUT2D eigenvalue weighted by molar-refractivity contribution is 0.448. The maximum absolute atomic E-state index is 5.91. The van der Waals surface area contributed by atoms with E-state index in [4.69, 9.17) is 11.6 Å². The van der Waals surface area contributed by atoms with Crippen LogP contribution in [0, 0.1) is 12.8 Å². The van der Waals surface area contributed by atoms with Crippen molar-refractivity contribution >= 4 is 17.4 Å². The molecule has 1 aromatic heterocycles. The Labute approximate surface area is 95.5 Å². The lowest BCUT2D eigenvalue weighted by Gasteiger charge is -2.33. The van der Waals surface area contributed by atoms with Crippen LogP contribution in [0.2, 0.25) is 0 Å². The first-order chi connectivity index (χ1) is 7.31. The lowest BCUT2D eigenvalue weighted by Crippen LogP contribution is -2.37. The van der Waals surface area contributed by atoms with E-state index in [1.165, 1.54) is 12.8 Å². The molecule has 1 fully saturated rings. The molecule has 1 atom stereocenters. The van der Waals surface area contributed by atoms with Crippen LogP contribution in [0.1, 0.15) is 18.5 Å². The number of hydrogen-bond donors (Lipinski definition) is 0. The van der Waals surface area contributed by atoms with Crippen LogP contribution in [0.3, 0.4) is 0 Å². The second kappa shape index (κ2) is 4.79. The summed E-state index contributed by atoms with van der Waals surface area (Å²) in [5, 5.41) is 0. The molecule has 82 valence electrons. The number of piperidine rings is 1. The Balaban J connectivity index is 2.13. The molecule has 2 rings (SSSR count). The fraction of sp³-hybridized carbons (Fsp3) is 0.636. The fourth-order valence-corrected chi connectivity index (χ4v) is 2.35. The summed E-state index contributed by atoms with van der Waals surface area (Å²) in [4.78, 5) is 11.0. The zero-order valence-corrected chi connectivity index (χ0v) is 9.74. The van der Waals surface area contributed by atoms with E-state index in [9.17, 15) is 0 Å². The van der Waals surface area contributed by atoms with Gasteiger partial charge in [0.25, 0.3) is 0 Å². The zero-order valence-electron chi connectivity index (χ0n) is 8.99. The molecule has 2 heterocycles. The van der Waals surface area contributed by atoms with Gasteiger partial charge in [-0.15, -0.1) is 11.6 Å². The Kier molecular flexibility index (Phi) is 3.41.